The number of likely N-dealkylation sites (N-methyl/N-ethyl adjacent to an activating group) is 1. The number of ether oxygens (including phenoxy) is 1. The topological polar surface area (TPSA) is 101 Å². The van der Waals surface area contributed by atoms with Crippen molar-refractivity contribution in [2.24, 2.45) is 0 Å². The number of aromatic nitrogens is 1. The minimum atomic E-state index is -1.19. The molecule has 0 saturated carbocycles. The molecule has 1 saturated heterocycles. The summed E-state index contributed by atoms with van der Waals surface area (Å²) in [5.41, 5.74) is -2.37. The van der Waals surface area contributed by atoms with Crippen LogP contribution in [0.2, 0.25) is 0 Å². The molecule has 1 aromatic carbocycles. The number of benzene rings is 1. The van der Waals surface area contributed by atoms with E-state index in [0.717, 1.165) is 0 Å². The summed E-state index contributed by atoms with van der Waals surface area (Å²) in [7, 11) is 0. The van der Waals surface area contributed by atoms with E-state index < -0.39 is 58.1 Å². The van der Waals surface area contributed by atoms with Crippen molar-refractivity contribution in [3.8, 4) is 5.75 Å². The molecular formula is C21H20F3N3O5. The number of nitrogens with one attached hydrogen (secondary N) is 1. The van der Waals surface area contributed by atoms with E-state index in [-0.39, 0.29) is 24.4 Å². The monoisotopic (exact) mass is 451 g/mol. The molecule has 0 bridgehead atoms. The molecule has 2 aromatic rings. The Hall–Kier alpha value is -3.34. The molecule has 0 radical (unpaired) electrons. The van der Waals surface area contributed by atoms with Gasteiger partial charge in [-0.1, -0.05) is 0 Å². The largest absolute Gasteiger partial charge is 0.503 e. The van der Waals surface area contributed by atoms with Crippen LogP contribution in [0.4, 0.5) is 13.2 Å². The van der Waals surface area contributed by atoms with Gasteiger partial charge in [-0.25, -0.2) is 13.2 Å². The Morgan fingerprint density at radius 2 is 1.91 bits per heavy atom. The van der Waals surface area contributed by atoms with E-state index in [1.54, 1.807) is 6.92 Å². The highest BCUT2D eigenvalue weighted by Crippen LogP contribution is 2.35. The fourth-order valence-corrected chi connectivity index (χ4v) is 4.26. The van der Waals surface area contributed by atoms with Gasteiger partial charge in [-0.15, -0.1) is 0 Å². The molecule has 2 atom stereocenters. The third-order valence-corrected chi connectivity index (χ3v) is 5.84. The zero-order valence-electron chi connectivity index (χ0n) is 17.0. The summed E-state index contributed by atoms with van der Waals surface area (Å²) in [6, 6.07) is 0.275. The number of fused-ring (bicyclic) bond motifs is 3. The average molecular weight is 451 g/mol. The van der Waals surface area contributed by atoms with Crippen molar-refractivity contribution in [3.05, 3.63) is 62.8 Å². The van der Waals surface area contributed by atoms with Crippen LogP contribution in [0.25, 0.3) is 0 Å². The second-order valence-electron chi connectivity index (χ2n) is 7.60. The molecule has 2 amide bonds. The van der Waals surface area contributed by atoms with Crippen LogP contribution < -0.4 is 10.7 Å². The van der Waals surface area contributed by atoms with Gasteiger partial charge < -0.3 is 24.6 Å². The molecule has 0 aliphatic carbocycles. The average Bonchev–Trinajstić information content (AvgIpc) is 2.75. The second kappa shape index (κ2) is 8.30. The summed E-state index contributed by atoms with van der Waals surface area (Å²) in [4.78, 5) is 39.7. The lowest BCUT2D eigenvalue weighted by Crippen LogP contribution is -2.55. The summed E-state index contributed by atoms with van der Waals surface area (Å²) in [5.74, 6) is -5.92. The summed E-state index contributed by atoms with van der Waals surface area (Å²) < 4.78 is 47.6. The van der Waals surface area contributed by atoms with Crippen molar-refractivity contribution in [2.75, 3.05) is 19.8 Å². The zero-order valence-corrected chi connectivity index (χ0v) is 17.0. The van der Waals surface area contributed by atoms with Gasteiger partial charge in [0.05, 0.1) is 18.7 Å². The van der Waals surface area contributed by atoms with Crippen LogP contribution in [0.1, 0.15) is 45.8 Å². The Balaban J connectivity index is 1.70. The molecule has 3 heterocycles. The van der Waals surface area contributed by atoms with E-state index in [4.69, 9.17) is 4.74 Å². The standard InChI is InChI=1S/C21H20F3N3O5/c1-2-26-16-9-32-4-3-15(16)27-8-12(18(28)19(29)17(27)21(26)31)20(30)25-7-11-13(23)5-10(22)6-14(11)24/h5-6,8,15-16,29H,2-4,7,9H2,1H3,(H,25,30)/t15-,16-/m1/s1. The molecule has 2 N–H and O–H groups in total. The number of rotatable bonds is 4. The van der Waals surface area contributed by atoms with Crippen LogP contribution in [0.3, 0.4) is 0 Å². The third-order valence-electron chi connectivity index (χ3n) is 5.84. The van der Waals surface area contributed by atoms with Crippen molar-refractivity contribution in [2.45, 2.75) is 32.0 Å². The lowest BCUT2D eigenvalue weighted by Gasteiger charge is -2.45. The maximum atomic E-state index is 13.8. The van der Waals surface area contributed by atoms with E-state index >= 15 is 0 Å². The summed E-state index contributed by atoms with van der Waals surface area (Å²) in [6.07, 6.45) is 1.66. The Bertz CT molecular complexity index is 1140. The minimum Gasteiger partial charge on any atom is -0.503 e. The highest BCUT2D eigenvalue weighted by molar-refractivity contribution is 5.99. The maximum Gasteiger partial charge on any atom is 0.274 e. The zero-order chi connectivity index (χ0) is 23.2. The van der Waals surface area contributed by atoms with E-state index in [1.807, 2.05) is 0 Å². The Morgan fingerprint density at radius 3 is 2.56 bits per heavy atom. The van der Waals surface area contributed by atoms with Crippen LogP contribution >= 0.6 is 0 Å². The van der Waals surface area contributed by atoms with Crippen LogP contribution in [0.5, 0.6) is 5.75 Å². The maximum absolute atomic E-state index is 13.8. The van der Waals surface area contributed by atoms with Crippen LogP contribution in [0, 0.1) is 17.5 Å². The Kier molecular flexibility index (Phi) is 5.68. The van der Waals surface area contributed by atoms with Gasteiger partial charge in [-0.3, -0.25) is 14.4 Å². The quantitative estimate of drug-likeness (QED) is 0.737. The third kappa shape index (κ3) is 3.52. The fraction of sp³-hybridized carbons (Fsp3) is 0.381. The van der Waals surface area contributed by atoms with Gasteiger partial charge in [0.15, 0.2) is 11.4 Å². The smallest absolute Gasteiger partial charge is 0.274 e. The van der Waals surface area contributed by atoms with E-state index in [1.165, 1.54) is 15.7 Å². The number of nitrogens with zero attached hydrogens (tertiary/aromatic N) is 2. The molecule has 32 heavy (non-hydrogen) atoms. The second-order valence-corrected chi connectivity index (χ2v) is 7.60. The molecule has 0 spiro atoms. The predicted molar refractivity (Wildman–Crippen MR) is 105 cm³/mol. The van der Waals surface area contributed by atoms with Crippen molar-refractivity contribution in [1.29, 1.82) is 0 Å². The highest BCUT2D eigenvalue weighted by atomic mass is 19.1. The van der Waals surface area contributed by atoms with Gasteiger partial charge >= 0.3 is 0 Å². The first-order valence-corrected chi connectivity index (χ1v) is 10.0. The van der Waals surface area contributed by atoms with Crippen molar-refractivity contribution >= 4 is 11.8 Å². The molecule has 1 fully saturated rings. The van der Waals surface area contributed by atoms with Gasteiger partial charge in [0.25, 0.3) is 11.8 Å². The van der Waals surface area contributed by atoms with Gasteiger partial charge in [-0.05, 0) is 13.3 Å². The molecule has 170 valence electrons. The van der Waals surface area contributed by atoms with Crippen molar-refractivity contribution in [1.82, 2.24) is 14.8 Å². The van der Waals surface area contributed by atoms with Crippen LogP contribution in [0.15, 0.2) is 23.1 Å². The minimum absolute atomic E-state index is 0.216. The number of hydrogen-bond donors (Lipinski definition) is 2. The first kappa shape index (κ1) is 21.9. The number of halogens is 3. The molecule has 4 rings (SSSR count). The van der Waals surface area contributed by atoms with E-state index in [0.29, 0.717) is 31.7 Å². The lowest BCUT2D eigenvalue weighted by atomic mass is 9.96. The lowest BCUT2D eigenvalue weighted by molar-refractivity contribution is -0.0176. The first-order chi connectivity index (χ1) is 15.2. The molecule has 2 aliphatic rings. The van der Waals surface area contributed by atoms with Crippen molar-refractivity contribution < 1.29 is 32.6 Å². The normalized spacial score (nSPS) is 20.0. The van der Waals surface area contributed by atoms with E-state index in [9.17, 15) is 32.7 Å². The molecule has 1 aromatic heterocycles. The number of aromatic hydroxyl groups is 1. The van der Waals surface area contributed by atoms with E-state index in [2.05, 4.69) is 5.32 Å². The predicted octanol–water partition coefficient (Wildman–Crippen LogP) is 1.71. The SMILES string of the molecule is CCN1C(=O)c2c(O)c(=O)c(C(=O)NCc3c(F)cc(F)cc3F)cn2[C@@H]2CCOC[C@H]21. The number of carbonyl (C=O) groups is 2. The summed E-state index contributed by atoms with van der Waals surface area (Å²) in [6.45, 7) is 2.12. The molecule has 0 unspecified atom stereocenters. The first-order valence-electron chi connectivity index (χ1n) is 10.0. The Morgan fingerprint density at radius 1 is 1.22 bits per heavy atom. The van der Waals surface area contributed by atoms with Gasteiger partial charge in [0.1, 0.15) is 23.0 Å². The fourth-order valence-electron chi connectivity index (χ4n) is 4.26. The molecular weight excluding hydrogens is 431 g/mol. The van der Waals surface area contributed by atoms with Crippen LogP contribution in [-0.2, 0) is 11.3 Å². The molecule has 11 heteroatoms. The molecule has 2 aliphatic heterocycles. The highest BCUT2D eigenvalue weighted by Gasteiger charge is 2.43. The van der Waals surface area contributed by atoms with Gasteiger partial charge in [0, 0.05) is 43.6 Å². The summed E-state index contributed by atoms with van der Waals surface area (Å²) in [5, 5.41) is 12.7. The van der Waals surface area contributed by atoms with Gasteiger partial charge in [-0.2, -0.15) is 0 Å². The summed E-state index contributed by atoms with van der Waals surface area (Å²) >= 11 is 0. The van der Waals surface area contributed by atoms with Gasteiger partial charge in [0.2, 0.25) is 5.43 Å². The number of pyridine rings is 1. The number of amides is 2. The number of carbonyl (C=O) groups excluding carboxylic acids is 2. The molecule has 8 nitrogen and oxygen atoms in total. The number of hydrogen-bond acceptors (Lipinski definition) is 5. The van der Waals surface area contributed by atoms with Crippen molar-refractivity contribution in [3.63, 3.8) is 0 Å². The van der Waals surface area contributed by atoms with Crippen LogP contribution in [-0.4, -0.2) is 52.2 Å². The Labute approximate surface area is 180 Å².